The number of rotatable bonds is 21. The molecule has 3 nitrogen and oxygen atoms in total. The molecule has 27 heavy (non-hydrogen) atoms. The second kappa shape index (κ2) is 19.2. The normalized spacial score (nSPS) is 13.2. The molecule has 1 atom stereocenters. The second-order valence-electron chi connectivity index (χ2n) is 8.49. The molecule has 0 heterocycles. The molecule has 0 aliphatic rings. The Morgan fingerprint density at radius 1 is 0.630 bits per heavy atom. The Balaban J connectivity index is 4.90. The largest absolute Gasteiger partial charge is 0.382 e. The highest BCUT2D eigenvalue weighted by molar-refractivity contribution is 4.59. The maximum absolute atomic E-state index is 5.98. The van der Waals surface area contributed by atoms with Crippen LogP contribution in [-0.2, 0) is 9.47 Å². The van der Waals surface area contributed by atoms with E-state index in [1.54, 1.807) is 7.11 Å². The van der Waals surface area contributed by atoms with Gasteiger partial charge in [0.2, 0.25) is 0 Å². The fourth-order valence-electron chi connectivity index (χ4n) is 4.11. The van der Waals surface area contributed by atoms with Crippen molar-refractivity contribution in [3.05, 3.63) is 0 Å². The van der Waals surface area contributed by atoms with Crippen LogP contribution in [0.4, 0.5) is 0 Å². The van der Waals surface area contributed by atoms with Crippen LogP contribution in [0.25, 0.3) is 0 Å². The van der Waals surface area contributed by atoms with E-state index in [0.717, 1.165) is 13.2 Å². The lowest BCUT2D eigenvalue weighted by Gasteiger charge is -2.44. The van der Waals surface area contributed by atoms with Gasteiger partial charge < -0.3 is 14.0 Å². The Morgan fingerprint density at radius 2 is 1.07 bits per heavy atom. The SMILES string of the molecule is CCCCCC[N+](CCCCCC)(CCCCCC)C(C)COCCOC. The molecule has 0 aliphatic heterocycles. The summed E-state index contributed by atoms with van der Waals surface area (Å²) in [6, 6.07) is 0.590. The number of hydrogen-bond acceptors (Lipinski definition) is 2. The summed E-state index contributed by atoms with van der Waals surface area (Å²) in [4.78, 5) is 0. The topological polar surface area (TPSA) is 18.5 Å². The number of quaternary nitrogens is 1. The Kier molecular flexibility index (Phi) is 19.1. The van der Waals surface area contributed by atoms with Crippen LogP contribution in [0.3, 0.4) is 0 Å². The van der Waals surface area contributed by atoms with Crippen molar-refractivity contribution >= 4 is 0 Å². The third kappa shape index (κ3) is 13.7. The van der Waals surface area contributed by atoms with Crippen LogP contribution in [0, 0.1) is 0 Å². The first-order chi connectivity index (χ1) is 13.2. The molecule has 0 aromatic carbocycles. The predicted octanol–water partition coefficient (Wildman–Crippen LogP) is 6.60. The zero-order valence-corrected chi connectivity index (χ0v) is 19.6. The molecule has 0 bridgehead atoms. The van der Waals surface area contributed by atoms with Gasteiger partial charge in [0, 0.05) is 7.11 Å². The van der Waals surface area contributed by atoms with Crippen LogP contribution in [0.15, 0.2) is 0 Å². The molecular weight excluding hydrogens is 334 g/mol. The zero-order chi connectivity index (χ0) is 20.2. The minimum atomic E-state index is 0.590. The summed E-state index contributed by atoms with van der Waals surface area (Å²) in [5, 5.41) is 0. The summed E-state index contributed by atoms with van der Waals surface area (Å²) in [7, 11) is 1.75. The third-order valence-corrected chi connectivity index (χ3v) is 6.10. The van der Waals surface area contributed by atoms with E-state index in [2.05, 4.69) is 27.7 Å². The molecule has 0 aromatic rings. The Bertz CT molecular complexity index is 265. The van der Waals surface area contributed by atoms with Crippen molar-refractivity contribution in [2.24, 2.45) is 0 Å². The van der Waals surface area contributed by atoms with Gasteiger partial charge in [-0.1, -0.05) is 59.3 Å². The fraction of sp³-hybridized carbons (Fsp3) is 1.00. The van der Waals surface area contributed by atoms with Crippen molar-refractivity contribution in [2.45, 2.75) is 111 Å². The first-order valence-corrected chi connectivity index (χ1v) is 12.1. The minimum Gasteiger partial charge on any atom is -0.382 e. The van der Waals surface area contributed by atoms with Gasteiger partial charge in [0.15, 0.2) is 0 Å². The van der Waals surface area contributed by atoms with E-state index in [9.17, 15) is 0 Å². The van der Waals surface area contributed by atoms with Crippen LogP contribution in [0.2, 0.25) is 0 Å². The van der Waals surface area contributed by atoms with Gasteiger partial charge in [-0.15, -0.1) is 0 Å². The van der Waals surface area contributed by atoms with Crippen LogP contribution >= 0.6 is 0 Å². The maximum Gasteiger partial charge on any atom is 0.110 e. The van der Waals surface area contributed by atoms with E-state index in [1.807, 2.05) is 0 Å². The van der Waals surface area contributed by atoms with Crippen LogP contribution in [0.1, 0.15) is 105 Å². The Morgan fingerprint density at radius 3 is 1.44 bits per heavy atom. The lowest BCUT2D eigenvalue weighted by molar-refractivity contribution is -0.950. The third-order valence-electron chi connectivity index (χ3n) is 6.10. The highest BCUT2D eigenvalue weighted by Crippen LogP contribution is 2.22. The molecule has 0 rings (SSSR count). The Hall–Kier alpha value is -0.120. The van der Waals surface area contributed by atoms with Crippen LogP contribution in [-0.4, -0.2) is 57.1 Å². The van der Waals surface area contributed by atoms with Crippen molar-refractivity contribution < 1.29 is 14.0 Å². The van der Waals surface area contributed by atoms with E-state index in [1.165, 1.54) is 101 Å². The highest BCUT2D eigenvalue weighted by atomic mass is 16.5. The first kappa shape index (κ1) is 26.9. The van der Waals surface area contributed by atoms with Crippen molar-refractivity contribution in [2.75, 3.05) is 46.6 Å². The fourth-order valence-corrected chi connectivity index (χ4v) is 4.11. The van der Waals surface area contributed by atoms with Crippen LogP contribution in [0.5, 0.6) is 0 Å². The molecule has 0 aromatic heterocycles. The molecule has 164 valence electrons. The van der Waals surface area contributed by atoms with Gasteiger partial charge in [-0.2, -0.15) is 0 Å². The van der Waals surface area contributed by atoms with Gasteiger partial charge in [-0.3, -0.25) is 0 Å². The Labute approximate surface area is 171 Å². The molecule has 0 fully saturated rings. The number of methoxy groups -OCH3 is 1. The second-order valence-corrected chi connectivity index (χ2v) is 8.49. The average Bonchev–Trinajstić information content (AvgIpc) is 2.68. The van der Waals surface area contributed by atoms with Crippen molar-refractivity contribution in [3.8, 4) is 0 Å². The molecule has 0 saturated carbocycles. The van der Waals surface area contributed by atoms with Gasteiger partial charge in [-0.25, -0.2) is 0 Å². The highest BCUT2D eigenvalue weighted by Gasteiger charge is 2.32. The molecule has 3 heteroatoms. The zero-order valence-electron chi connectivity index (χ0n) is 19.6. The summed E-state index contributed by atoms with van der Waals surface area (Å²) in [5.74, 6) is 0. The quantitative estimate of drug-likeness (QED) is 0.163. The molecule has 1 unspecified atom stereocenters. The van der Waals surface area contributed by atoms with E-state index in [-0.39, 0.29) is 0 Å². The first-order valence-electron chi connectivity index (χ1n) is 12.1. The molecule has 0 N–H and O–H groups in total. The lowest BCUT2D eigenvalue weighted by Crippen LogP contribution is -2.57. The van der Waals surface area contributed by atoms with Gasteiger partial charge in [0.25, 0.3) is 0 Å². The van der Waals surface area contributed by atoms with Crippen molar-refractivity contribution in [1.82, 2.24) is 0 Å². The number of hydrogen-bond donors (Lipinski definition) is 0. The number of nitrogens with zero attached hydrogens (tertiary/aromatic N) is 1. The average molecular weight is 387 g/mol. The monoisotopic (exact) mass is 386 g/mol. The smallest absolute Gasteiger partial charge is 0.110 e. The number of ether oxygens (including phenoxy) is 2. The van der Waals surface area contributed by atoms with Gasteiger partial charge in [0.1, 0.15) is 6.04 Å². The molecular formula is C24H52NO2+. The molecule has 0 radical (unpaired) electrons. The number of unbranched alkanes of at least 4 members (excludes halogenated alkanes) is 9. The molecule has 0 aliphatic carbocycles. The van der Waals surface area contributed by atoms with Gasteiger partial charge in [0.05, 0.1) is 39.5 Å². The summed E-state index contributed by atoms with van der Waals surface area (Å²) in [6.45, 7) is 15.7. The van der Waals surface area contributed by atoms with Crippen molar-refractivity contribution in [3.63, 3.8) is 0 Å². The standard InChI is InChI=1S/C24H52NO2/c1-6-9-12-15-18-25(19-16-13-10-7-2,20-17-14-11-8-3)24(4)23-27-22-21-26-5/h24H,6-23H2,1-5H3/q+1. The van der Waals surface area contributed by atoms with Crippen molar-refractivity contribution in [1.29, 1.82) is 0 Å². The molecule has 0 amide bonds. The van der Waals surface area contributed by atoms with E-state index in [0.29, 0.717) is 12.6 Å². The van der Waals surface area contributed by atoms with E-state index < -0.39 is 0 Å². The van der Waals surface area contributed by atoms with Gasteiger partial charge >= 0.3 is 0 Å². The summed E-state index contributed by atoms with van der Waals surface area (Å²) >= 11 is 0. The van der Waals surface area contributed by atoms with E-state index in [4.69, 9.17) is 9.47 Å². The minimum absolute atomic E-state index is 0.590. The molecule has 0 spiro atoms. The lowest BCUT2D eigenvalue weighted by atomic mass is 10.1. The summed E-state index contributed by atoms with van der Waals surface area (Å²) < 4.78 is 12.4. The molecule has 0 saturated heterocycles. The maximum atomic E-state index is 5.98. The van der Waals surface area contributed by atoms with E-state index >= 15 is 0 Å². The van der Waals surface area contributed by atoms with Gasteiger partial charge in [-0.05, 0) is 45.4 Å². The predicted molar refractivity (Wildman–Crippen MR) is 119 cm³/mol. The summed E-state index contributed by atoms with van der Waals surface area (Å²) in [6.07, 6.45) is 16.4. The summed E-state index contributed by atoms with van der Waals surface area (Å²) in [5.41, 5.74) is 0. The van der Waals surface area contributed by atoms with Crippen LogP contribution < -0.4 is 0 Å².